The third-order valence-corrected chi connectivity index (χ3v) is 4.43. The molecular formula is C13H22N2O2. The molecule has 1 saturated carbocycles. The lowest BCUT2D eigenvalue weighted by Gasteiger charge is -2.32. The van der Waals surface area contributed by atoms with Crippen LogP contribution in [0.25, 0.3) is 0 Å². The summed E-state index contributed by atoms with van der Waals surface area (Å²) in [4.78, 5) is 25.6. The van der Waals surface area contributed by atoms with Crippen molar-refractivity contribution >= 4 is 11.8 Å². The fourth-order valence-corrected chi connectivity index (χ4v) is 3.06. The lowest BCUT2D eigenvalue weighted by atomic mass is 9.96. The van der Waals surface area contributed by atoms with Gasteiger partial charge < -0.3 is 10.2 Å². The van der Waals surface area contributed by atoms with Crippen molar-refractivity contribution in [1.82, 2.24) is 10.2 Å². The van der Waals surface area contributed by atoms with E-state index in [0.717, 1.165) is 6.42 Å². The molecule has 4 nitrogen and oxygen atoms in total. The Morgan fingerprint density at radius 2 is 1.88 bits per heavy atom. The van der Waals surface area contributed by atoms with Gasteiger partial charge in [-0.2, -0.15) is 0 Å². The molecule has 17 heavy (non-hydrogen) atoms. The van der Waals surface area contributed by atoms with Gasteiger partial charge in [-0.15, -0.1) is 0 Å². The largest absolute Gasteiger partial charge is 0.345 e. The molecule has 0 aromatic heterocycles. The number of carbonyl (C=O) groups excluding carboxylic acids is 2. The van der Waals surface area contributed by atoms with E-state index < -0.39 is 0 Å². The molecule has 0 aromatic carbocycles. The molecule has 2 rings (SSSR count). The average molecular weight is 238 g/mol. The van der Waals surface area contributed by atoms with Crippen molar-refractivity contribution in [3.63, 3.8) is 0 Å². The van der Waals surface area contributed by atoms with Crippen LogP contribution in [0.5, 0.6) is 0 Å². The zero-order valence-electron chi connectivity index (χ0n) is 10.9. The molecule has 0 bridgehead atoms. The number of amides is 2. The summed E-state index contributed by atoms with van der Waals surface area (Å²) in [6.45, 7) is 6.83. The van der Waals surface area contributed by atoms with Gasteiger partial charge in [-0.25, -0.2) is 0 Å². The summed E-state index contributed by atoms with van der Waals surface area (Å²) >= 11 is 0. The first-order valence-electron chi connectivity index (χ1n) is 6.60. The monoisotopic (exact) mass is 238 g/mol. The van der Waals surface area contributed by atoms with Crippen LogP contribution in [-0.2, 0) is 9.59 Å². The highest BCUT2D eigenvalue weighted by atomic mass is 16.2. The summed E-state index contributed by atoms with van der Waals surface area (Å²) in [5, 5.41) is 2.74. The number of nitrogens with zero attached hydrogens (tertiary/aromatic N) is 1. The molecule has 4 heteroatoms. The molecule has 0 spiro atoms. The Morgan fingerprint density at radius 3 is 2.47 bits per heavy atom. The van der Waals surface area contributed by atoms with Gasteiger partial charge in [0.15, 0.2) is 0 Å². The normalized spacial score (nSPS) is 39.1. The maximum atomic E-state index is 12.2. The molecule has 2 fully saturated rings. The van der Waals surface area contributed by atoms with Gasteiger partial charge in [0.2, 0.25) is 11.8 Å². The second-order valence-corrected chi connectivity index (χ2v) is 5.55. The van der Waals surface area contributed by atoms with Crippen molar-refractivity contribution in [2.75, 3.05) is 6.54 Å². The lowest BCUT2D eigenvalue weighted by Crippen LogP contribution is -2.48. The van der Waals surface area contributed by atoms with Gasteiger partial charge >= 0.3 is 0 Å². The smallest absolute Gasteiger partial charge is 0.245 e. The van der Waals surface area contributed by atoms with E-state index in [4.69, 9.17) is 0 Å². The zero-order valence-corrected chi connectivity index (χ0v) is 10.9. The predicted molar refractivity (Wildman–Crippen MR) is 65.3 cm³/mol. The fraction of sp³-hybridized carbons (Fsp3) is 0.846. The van der Waals surface area contributed by atoms with E-state index in [-0.39, 0.29) is 17.9 Å². The van der Waals surface area contributed by atoms with Gasteiger partial charge in [0.1, 0.15) is 6.04 Å². The van der Waals surface area contributed by atoms with Crippen LogP contribution in [0.3, 0.4) is 0 Å². The highest BCUT2D eigenvalue weighted by Gasteiger charge is 2.38. The van der Waals surface area contributed by atoms with Crippen LogP contribution in [-0.4, -0.2) is 35.3 Å². The van der Waals surface area contributed by atoms with Crippen LogP contribution in [0.1, 0.15) is 40.0 Å². The van der Waals surface area contributed by atoms with Gasteiger partial charge in [-0.3, -0.25) is 9.59 Å². The van der Waals surface area contributed by atoms with Crippen LogP contribution >= 0.6 is 0 Å². The minimum absolute atomic E-state index is 0.00736. The number of nitrogens with one attached hydrogen (secondary N) is 1. The standard InChI is InChI=1S/C13H22N2O2/c1-8-4-5-11(9(8)2)15-7-6-12(16)14-10(3)13(15)17/h8-11H,4-7H2,1-3H3,(H,14,16). The average Bonchev–Trinajstić information content (AvgIpc) is 2.54. The van der Waals surface area contributed by atoms with Gasteiger partial charge in [0.05, 0.1) is 0 Å². The van der Waals surface area contributed by atoms with E-state index in [1.165, 1.54) is 6.42 Å². The van der Waals surface area contributed by atoms with Gasteiger partial charge in [-0.1, -0.05) is 13.8 Å². The minimum Gasteiger partial charge on any atom is -0.345 e. The molecule has 1 saturated heterocycles. The Kier molecular flexibility index (Phi) is 3.40. The van der Waals surface area contributed by atoms with Crippen LogP contribution in [0, 0.1) is 11.8 Å². The first-order valence-corrected chi connectivity index (χ1v) is 6.60. The Bertz CT molecular complexity index is 329. The van der Waals surface area contributed by atoms with Gasteiger partial charge in [0, 0.05) is 19.0 Å². The second-order valence-electron chi connectivity index (χ2n) is 5.55. The Morgan fingerprint density at radius 1 is 1.18 bits per heavy atom. The summed E-state index contributed by atoms with van der Waals surface area (Å²) in [5.74, 6) is 1.29. The summed E-state index contributed by atoms with van der Waals surface area (Å²) in [7, 11) is 0. The first-order chi connectivity index (χ1) is 8.00. The molecule has 2 amide bonds. The predicted octanol–water partition coefficient (Wildman–Crippen LogP) is 1.16. The lowest BCUT2D eigenvalue weighted by molar-refractivity contribution is -0.135. The number of carbonyl (C=O) groups is 2. The molecule has 96 valence electrons. The van der Waals surface area contributed by atoms with Crippen molar-refractivity contribution in [3.05, 3.63) is 0 Å². The number of hydrogen-bond acceptors (Lipinski definition) is 2. The molecule has 1 aliphatic heterocycles. The Balaban J connectivity index is 2.14. The second kappa shape index (κ2) is 4.67. The van der Waals surface area contributed by atoms with Crippen LogP contribution in [0.15, 0.2) is 0 Å². The molecular weight excluding hydrogens is 216 g/mol. The van der Waals surface area contributed by atoms with E-state index in [1.54, 1.807) is 6.92 Å². The zero-order chi connectivity index (χ0) is 12.6. The van der Waals surface area contributed by atoms with Crippen molar-refractivity contribution in [2.45, 2.75) is 52.1 Å². The summed E-state index contributed by atoms with van der Waals surface area (Å²) in [5.41, 5.74) is 0. The molecule has 0 aromatic rings. The molecule has 2 aliphatic rings. The molecule has 1 heterocycles. The first kappa shape index (κ1) is 12.4. The minimum atomic E-state index is -0.367. The molecule has 1 aliphatic carbocycles. The molecule has 0 radical (unpaired) electrons. The maximum absolute atomic E-state index is 12.2. The Labute approximate surface area is 103 Å². The fourth-order valence-electron chi connectivity index (χ4n) is 3.06. The van der Waals surface area contributed by atoms with E-state index in [2.05, 4.69) is 19.2 Å². The van der Waals surface area contributed by atoms with Crippen molar-refractivity contribution in [2.24, 2.45) is 11.8 Å². The van der Waals surface area contributed by atoms with Crippen molar-refractivity contribution < 1.29 is 9.59 Å². The number of rotatable bonds is 1. The highest BCUT2D eigenvalue weighted by molar-refractivity contribution is 5.89. The molecule has 4 atom stereocenters. The topological polar surface area (TPSA) is 49.4 Å². The van der Waals surface area contributed by atoms with E-state index in [0.29, 0.717) is 30.8 Å². The SMILES string of the molecule is CC1NC(=O)CCN(C2CCC(C)C2C)C1=O. The summed E-state index contributed by atoms with van der Waals surface area (Å²) in [6.07, 6.45) is 2.70. The van der Waals surface area contributed by atoms with E-state index in [1.807, 2.05) is 4.90 Å². The maximum Gasteiger partial charge on any atom is 0.245 e. The summed E-state index contributed by atoms with van der Waals surface area (Å²) < 4.78 is 0. The third-order valence-electron chi connectivity index (χ3n) is 4.43. The molecule has 4 unspecified atom stereocenters. The quantitative estimate of drug-likeness (QED) is 0.745. The van der Waals surface area contributed by atoms with Gasteiger partial charge in [-0.05, 0) is 31.6 Å². The van der Waals surface area contributed by atoms with E-state index >= 15 is 0 Å². The van der Waals surface area contributed by atoms with Crippen molar-refractivity contribution in [1.29, 1.82) is 0 Å². The van der Waals surface area contributed by atoms with Crippen LogP contribution in [0.4, 0.5) is 0 Å². The third kappa shape index (κ3) is 2.31. The van der Waals surface area contributed by atoms with Gasteiger partial charge in [0.25, 0.3) is 0 Å². The Hall–Kier alpha value is -1.06. The van der Waals surface area contributed by atoms with Crippen molar-refractivity contribution in [3.8, 4) is 0 Å². The highest BCUT2D eigenvalue weighted by Crippen LogP contribution is 2.35. The molecule has 1 N–H and O–H groups in total. The van der Waals surface area contributed by atoms with E-state index in [9.17, 15) is 9.59 Å². The summed E-state index contributed by atoms with van der Waals surface area (Å²) in [6, 6.07) is -0.0410. The van der Waals surface area contributed by atoms with Crippen LogP contribution < -0.4 is 5.32 Å². The van der Waals surface area contributed by atoms with Crippen LogP contribution in [0.2, 0.25) is 0 Å². The number of hydrogen-bond donors (Lipinski definition) is 1.